The van der Waals surface area contributed by atoms with Crippen molar-refractivity contribution in [3.8, 4) is 0 Å². The number of carbonyl (C=O) groups is 2. The number of ether oxygens (including phenoxy) is 1. The van der Waals surface area contributed by atoms with E-state index in [0.717, 1.165) is 5.56 Å². The Morgan fingerprint density at radius 1 is 1.17 bits per heavy atom. The Bertz CT molecular complexity index is 701. The van der Waals surface area contributed by atoms with Gasteiger partial charge in [0.25, 0.3) is 0 Å². The molecule has 0 aliphatic rings. The third kappa shape index (κ3) is 4.80. The van der Waals surface area contributed by atoms with Crippen LogP contribution in [-0.4, -0.2) is 19.0 Å². The summed E-state index contributed by atoms with van der Waals surface area (Å²) in [6.45, 7) is 0. The van der Waals surface area contributed by atoms with Gasteiger partial charge >= 0.3 is 5.97 Å². The van der Waals surface area contributed by atoms with Gasteiger partial charge in [-0.25, -0.2) is 4.39 Å². The summed E-state index contributed by atoms with van der Waals surface area (Å²) >= 11 is 5.94. The van der Waals surface area contributed by atoms with Gasteiger partial charge in [0.05, 0.1) is 26.0 Å². The van der Waals surface area contributed by atoms with E-state index >= 15 is 0 Å². The summed E-state index contributed by atoms with van der Waals surface area (Å²) < 4.78 is 18.5. The van der Waals surface area contributed by atoms with E-state index in [4.69, 9.17) is 11.6 Å². The molecule has 2 aromatic rings. The molecule has 126 valence electrons. The Hall–Kier alpha value is -2.40. The maximum atomic E-state index is 13.8. The first-order chi connectivity index (χ1) is 11.5. The van der Waals surface area contributed by atoms with Crippen LogP contribution >= 0.6 is 11.6 Å². The Labute approximate surface area is 144 Å². The topological polar surface area (TPSA) is 55.4 Å². The zero-order chi connectivity index (χ0) is 17.5. The van der Waals surface area contributed by atoms with Crippen molar-refractivity contribution in [3.63, 3.8) is 0 Å². The molecule has 2 aromatic carbocycles. The SMILES string of the molecule is COC(=O)CC(NC(=O)Cc1c(F)cccc1Cl)c1ccccc1. The van der Waals surface area contributed by atoms with E-state index in [1.165, 1.54) is 25.3 Å². The molecule has 4 nitrogen and oxygen atoms in total. The minimum Gasteiger partial charge on any atom is -0.469 e. The summed E-state index contributed by atoms with van der Waals surface area (Å²) in [7, 11) is 1.28. The van der Waals surface area contributed by atoms with Gasteiger partial charge < -0.3 is 10.1 Å². The van der Waals surface area contributed by atoms with Gasteiger partial charge in [-0.2, -0.15) is 0 Å². The number of esters is 1. The molecular formula is C18H17ClFNO3. The van der Waals surface area contributed by atoms with Crippen molar-refractivity contribution < 1.29 is 18.7 Å². The minimum atomic E-state index is -0.559. The summed E-state index contributed by atoms with van der Waals surface area (Å²) in [5, 5.41) is 2.93. The second-order valence-electron chi connectivity index (χ2n) is 5.19. The van der Waals surface area contributed by atoms with Crippen LogP contribution in [0.1, 0.15) is 23.6 Å². The molecule has 0 aliphatic heterocycles. The van der Waals surface area contributed by atoms with Crippen molar-refractivity contribution in [2.75, 3.05) is 7.11 Å². The van der Waals surface area contributed by atoms with Gasteiger partial charge in [0.1, 0.15) is 5.82 Å². The van der Waals surface area contributed by atoms with Crippen LogP contribution in [0.4, 0.5) is 4.39 Å². The van der Waals surface area contributed by atoms with Gasteiger partial charge in [-0.3, -0.25) is 9.59 Å². The fraction of sp³-hybridized carbons (Fsp3) is 0.222. The molecule has 0 aliphatic carbocycles. The second-order valence-corrected chi connectivity index (χ2v) is 5.60. The smallest absolute Gasteiger partial charge is 0.307 e. The normalized spacial score (nSPS) is 11.6. The van der Waals surface area contributed by atoms with Crippen molar-refractivity contribution >= 4 is 23.5 Å². The predicted molar refractivity (Wildman–Crippen MR) is 89.1 cm³/mol. The molecule has 1 amide bonds. The van der Waals surface area contributed by atoms with Crippen LogP contribution < -0.4 is 5.32 Å². The molecule has 2 rings (SSSR count). The summed E-state index contributed by atoms with van der Waals surface area (Å²) in [5.41, 5.74) is 0.887. The van der Waals surface area contributed by atoms with Crippen molar-refractivity contribution in [3.05, 3.63) is 70.5 Å². The molecule has 1 N–H and O–H groups in total. The highest BCUT2D eigenvalue weighted by atomic mass is 35.5. The van der Waals surface area contributed by atoms with E-state index in [0.29, 0.717) is 0 Å². The first-order valence-corrected chi connectivity index (χ1v) is 7.73. The zero-order valence-corrected chi connectivity index (χ0v) is 13.8. The van der Waals surface area contributed by atoms with E-state index in [1.54, 1.807) is 24.3 Å². The van der Waals surface area contributed by atoms with Crippen LogP contribution in [0, 0.1) is 5.82 Å². The quantitative estimate of drug-likeness (QED) is 0.813. The molecule has 0 saturated carbocycles. The third-order valence-electron chi connectivity index (χ3n) is 3.53. The number of amides is 1. The maximum absolute atomic E-state index is 13.8. The van der Waals surface area contributed by atoms with Crippen LogP contribution in [-0.2, 0) is 20.7 Å². The summed E-state index contributed by atoms with van der Waals surface area (Å²) in [5.74, 6) is -1.42. The van der Waals surface area contributed by atoms with E-state index < -0.39 is 23.7 Å². The maximum Gasteiger partial charge on any atom is 0.307 e. The molecule has 0 heterocycles. The van der Waals surface area contributed by atoms with Gasteiger partial charge in [-0.15, -0.1) is 0 Å². The molecule has 24 heavy (non-hydrogen) atoms. The molecule has 1 unspecified atom stereocenters. The highest BCUT2D eigenvalue weighted by molar-refractivity contribution is 6.31. The Kier molecular flexibility index (Phi) is 6.32. The average Bonchev–Trinajstić information content (AvgIpc) is 2.58. The summed E-state index contributed by atoms with van der Waals surface area (Å²) in [6.07, 6.45) is -0.229. The molecule has 0 radical (unpaired) electrons. The largest absolute Gasteiger partial charge is 0.469 e. The van der Waals surface area contributed by atoms with E-state index in [2.05, 4.69) is 10.1 Å². The predicted octanol–water partition coefficient (Wildman–Crippen LogP) is 3.44. The standard InChI is InChI=1S/C18H17ClFNO3/c1-24-18(23)11-16(12-6-3-2-4-7-12)21-17(22)10-13-14(19)8-5-9-15(13)20/h2-9,16H,10-11H2,1H3,(H,21,22). The lowest BCUT2D eigenvalue weighted by atomic mass is 10.0. The Morgan fingerprint density at radius 2 is 1.88 bits per heavy atom. The molecule has 0 spiro atoms. The van der Waals surface area contributed by atoms with Crippen molar-refractivity contribution in [1.29, 1.82) is 0 Å². The van der Waals surface area contributed by atoms with Gasteiger partial charge in [-0.05, 0) is 17.7 Å². The Balaban J connectivity index is 2.14. The fourth-order valence-electron chi connectivity index (χ4n) is 2.29. The molecule has 0 aromatic heterocycles. The van der Waals surface area contributed by atoms with Crippen molar-refractivity contribution in [2.24, 2.45) is 0 Å². The van der Waals surface area contributed by atoms with Crippen LogP contribution in [0.3, 0.4) is 0 Å². The third-order valence-corrected chi connectivity index (χ3v) is 3.89. The van der Waals surface area contributed by atoms with Gasteiger partial charge in [0, 0.05) is 10.6 Å². The van der Waals surface area contributed by atoms with Crippen molar-refractivity contribution in [1.82, 2.24) is 5.32 Å². The molecule has 0 fully saturated rings. The van der Waals surface area contributed by atoms with Crippen LogP contribution in [0.15, 0.2) is 48.5 Å². The zero-order valence-electron chi connectivity index (χ0n) is 13.1. The van der Waals surface area contributed by atoms with Crippen LogP contribution in [0.2, 0.25) is 5.02 Å². The first kappa shape index (κ1) is 17.9. The van der Waals surface area contributed by atoms with Gasteiger partial charge in [0.2, 0.25) is 5.91 Å². The molecule has 0 bridgehead atoms. The number of nitrogens with one attached hydrogen (secondary N) is 1. The number of hydrogen-bond acceptors (Lipinski definition) is 3. The molecular weight excluding hydrogens is 333 g/mol. The lowest BCUT2D eigenvalue weighted by Gasteiger charge is -2.18. The number of benzene rings is 2. The Morgan fingerprint density at radius 3 is 2.50 bits per heavy atom. The number of halogens is 2. The molecule has 1 atom stereocenters. The first-order valence-electron chi connectivity index (χ1n) is 7.35. The summed E-state index contributed by atoms with van der Waals surface area (Å²) in [4.78, 5) is 23.9. The number of rotatable bonds is 6. The van der Waals surface area contributed by atoms with Gasteiger partial charge in [-0.1, -0.05) is 48.0 Å². The molecule has 0 saturated heterocycles. The van der Waals surface area contributed by atoms with E-state index in [9.17, 15) is 14.0 Å². The average molecular weight is 350 g/mol. The highest BCUT2D eigenvalue weighted by Crippen LogP contribution is 2.21. The lowest BCUT2D eigenvalue weighted by Crippen LogP contribution is -2.31. The molecule has 6 heteroatoms. The monoisotopic (exact) mass is 349 g/mol. The van der Waals surface area contributed by atoms with Gasteiger partial charge in [0.15, 0.2) is 0 Å². The van der Waals surface area contributed by atoms with Crippen molar-refractivity contribution in [2.45, 2.75) is 18.9 Å². The number of hydrogen-bond donors (Lipinski definition) is 1. The highest BCUT2D eigenvalue weighted by Gasteiger charge is 2.20. The number of methoxy groups -OCH3 is 1. The van der Waals surface area contributed by atoms with Crippen LogP contribution in [0.25, 0.3) is 0 Å². The minimum absolute atomic E-state index is 0.0166. The van der Waals surface area contributed by atoms with Crippen LogP contribution in [0.5, 0.6) is 0 Å². The van der Waals surface area contributed by atoms with E-state index in [-0.39, 0.29) is 23.4 Å². The second kappa shape index (κ2) is 8.45. The summed E-state index contributed by atoms with van der Waals surface area (Å²) in [6, 6.07) is 12.7. The fourth-order valence-corrected chi connectivity index (χ4v) is 2.52. The van der Waals surface area contributed by atoms with E-state index in [1.807, 2.05) is 6.07 Å². The number of carbonyl (C=O) groups excluding carboxylic acids is 2. The lowest BCUT2D eigenvalue weighted by molar-refractivity contribution is -0.141.